The van der Waals surface area contributed by atoms with E-state index in [1.807, 2.05) is 19.9 Å². The van der Waals surface area contributed by atoms with Gasteiger partial charge in [0.2, 0.25) is 0 Å². The largest absolute Gasteiger partial charge is 0.102 e. The molecule has 0 radical (unpaired) electrons. The first-order valence-corrected chi connectivity index (χ1v) is 8.71. The van der Waals surface area contributed by atoms with Crippen LogP contribution in [-0.2, 0) is 0 Å². The fraction of sp³-hybridized carbons (Fsp3) is 0.267. The van der Waals surface area contributed by atoms with E-state index in [0.717, 1.165) is 16.7 Å². The molecule has 0 unspecified atom stereocenters. The Hall–Kier alpha value is -0.770. The van der Waals surface area contributed by atoms with Crippen LogP contribution in [0.1, 0.15) is 31.6 Å². The van der Waals surface area contributed by atoms with E-state index in [2.05, 4.69) is 42.5 Å². The monoisotopic (exact) mass is 294 g/mol. The van der Waals surface area contributed by atoms with Crippen LogP contribution < -0.4 is 0 Å². The Morgan fingerprint density at radius 2 is 1.94 bits per heavy atom. The summed E-state index contributed by atoms with van der Waals surface area (Å²) >= 11 is 5.07. The predicted molar refractivity (Wildman–Crippen MR) is 89.0 cm³/mol. The molecular formula is C15H18S3. The summed E-state index contributed by atoms with van der Waals surface area (Å²) in [5.41, 5.74) is 1.39. The molecule has 0 N–H and O–H groups in total. The number of hydrogen-bond acceptors (Lipinski definition) is 3. The van der Waals surface area contributed by atoms with Crippen LogP contribution in [-0.4, -0.2) is 0 Å². The Bertz CT molecular complexity index is 510. The van der Waals surface area contributed by atoms with Crippen molar-refractivity contribution in [2.45, 2.75) is 26.7 Å². The molecule has 0 aromatic carbocycles. The maximum atomic E-state index is 5.07. The topological polar surface area (TPSA) is 0 Å². The first kappa shape index (κ1) is 15.3. The van der Waals surface area contributed by atoms with Crippen molar-refractivity contribution in [3.05, 3.63) is 56.8 Å². The summed E-state index contributed by atoms with van der Waals surface area (Å²) in [4.78, 5) is 1.23. The quantitative estimate of drug-likeness (QED) is 0.352. The van der Waals surface area contributed by atoms with Crippen molar-refractivity contribution in [2.75, 3.05) is 0 Å². The van der Waals surface area contributed by atoms with E-state index in [1.54, 1.807) is 20.7 Å². The molecule has 1 aliphatic carbocycles. The lowest BCUT2D eigenvalue weighted by Crippen LogP contribution is -1.81. The van der Waals surface area contributed by atoms with Crippen LogP contribution in [0.4, 0.5) is 0 Å². The van der Waals surface area contributed by atoms with Crippen molar-refractivity contribution in [1.29, 1.82) is 0 Å². The molecule has 0 saturated carbocycles. The Labute approximate surface area is 122 Å². The average molecular weight is 295 g/mol. The lowest BCUT2D eigenvalue weighted by atomic mass is 10.1. The summed E-state index contributed by atoms with van der Waals surface area (Å²) in [5, 5.41) is 0. The van der Waals surface area contributed by atoms with Gasteiger partial charge in [-0.3, -0.25) is 0 Å². The van der Waals surface area contributed by atoms with Crippen LogP contribution in [0.3, 0.4) is 0 Å². The smallest absolute Gasteiger partial charge is 0.0842 e. The zero-order valence-electron chi connectivity index (χ0n) is 10.8. The average Bonchev–Trinajstić information content (AvgIpc) is 2.84. The molecule has 0 spiro atoms. The van der Waals surface area contributed by atoms with Crippen molar-refractivity contribution in [3.63, 3.8) is 0 Å². The second kappa shape index (κ2) is 9.20. The van der Waals surface area contributed by atoms with Gasteiger partial charge in [0, 0.05) is 4.88 Å². The van der Waals surface area contributed by atoms with Crippen LogP contribution in [0, 0.1) is 3.82 Å². The Morgan fingerprint density at radius 1 is 1.17 bits per heavy atom. The summed E-state index contributed by atoms with van der Waals surface area (Å²) in [6, 6.07) is 2.04. The molecule has 18 heavy (non-hydrogen) atoms. The molecule has 0 aliphatic heterocycles. The van der Waals surface area contributed by atoms with Crippen LogP contribution in [0.15, 0.2) is 48.1 Å². The highest BCUT2D eigenvalue weighted by Crippen LogP contribution is 2.19. The Kier molecular flexibility index (Phi) is 7.81. The van der Waals surface area contributed by atoms with Crippen molar-refractivity contribution in [2.24, 2.45) is 0 Å². The van der Waals surface area contributed by atoms with E-state index in [-0.39, 0.29) is 0 Å². The van der Waals surface area contributed by atoms with E-state index in [0.29, 0.717) is 0 Å². The summed E-state index contributed by atoms with van der Waals surface area (Å²) in [6.45, 7) is 4.00. The Morgan fingerprint density at radius 3 is 2.56 bits per heavy atom. The third-order valence-electron chi connectivity index (χ3n) is 2.21. The molecule has 2 rings (SSSR count). The van der Waals surface area contributed by atoms with Gasteiger partial charge in [0.15, 0.2) is 0 Å². The van der Waals surface area contributed by atoms with Crippen molar-refractivity contribution >= 4 is 39.0 Å². The molecular weight excluding hydrogens is 276 g/mol. The van der Waals surface area contributed by atoms with E-state index >= 15 is 0 Å². The third kappa shape index (κ3) is 5.71. The molecule has 1 aliphatic rings. The van der Waals surface area contributed by atoms with Crippen LogP contribution in [0.5, 0.6) is 0 Å². The maximum absolute atomic E-state index is 5.07. The van der Waals surface area contributed by atoms with Crippen molar-refractivity contribution < 1.29 is 0 Å². The molecule has 0 saturated heterocycles. The van der Waals surface area contributed by atoms with Gasteiger partial charge < -0.3 is 0 Å². The fourth-order valence-electron chi connectivity index (χ4n) is 1.42. The van der Waals surface area contributed by atoms with Crippen LogP contribution >= 0.6 is 32.9 Å². The molecule has 0 amide bonds. The van der Waals surface area contributed by atoms with Gasteiger partial charge in [-0.25, -0.2) is 0 Å². The minimum atomic E-state index is 0.966. The fourth-order valence-corrected chi connectivity index (χ4v) is 3.65. The molecule has 1 heterocycles. The molecule has 0 bridgehead atoms. The summed E-state index contributed by atoms with van der Waals surface area (Å²) in [7, 11) is 3.38. The zero-order valence-corrected chi connectivity index (χ0v) is 13.2. The molecule has 1 aromatic rings. The lowest BCUT2D eigenvalue weighted by Gasteiger charge is -2.01. The predicted octanol–water partition coefficient (Wildman–Crippen LogP) is 6.41. The summed E-state index contributed by atoms with van der Waals surface area (Å²) in [6.07, 6.45) is 17.2. The molecule has 96 valence electrons. The van der Waals surface area contributed by atoms with Gasteiger partial charge in [0.1, 0.15) is 3.82 Å². The zero-order chi connectivity index (χ0) is 13.2. The minimum Gasteiger partial charge on any atom is -0.0842 e. The SMILES string of the molecule is CC.S=c1cc(/C=C/C=C/C2=CC=CCC2)ss1. The summed E-state index contributed by atoms with van der Waals surface area (Å²) in [5.74, 6) is 0. The second-order valence-electron chi connectivity index (χ2n) is 3.46. The van der Waals surface area contributed by atoms with E-state index in [9.17, 15) is 0 Å². The molecule has 0 fully saturated rings. The van der Waals surface area contributed by atoms with Gasteiger partial charge in [-0.15, -0.1) is 0 Å². The van der Waals surface area contributed by atoms with Gasteiger partial charge in [-0.2, -0.15) is 0 Å². The first-order valence-electron chi connectivity index (χ1n) is 6.15. The van der Waals surface area contributed by atoms with Gasteiger partial charge in [-0.1, -0.05) is 83.2 Å². The highest BCUT2D eigenvalue weighted by molar-refractivity contribution is 7.79. The van der Waals surface area contributed by atoms with Crippen molar-refractivity contribution in [1.82, 2.24) is 0 Å². The van der Waals surface area contributed by atoms with Gasteiger partial charge in [0.05, 0.1) is 0 Å². The van der Waals surface area contributed by atoms with E-state index < -0.39 is 0 Å². The van der Waals surface area contributed by atoms with Gasteiger partial charge >= 0.3 is 0 Å². The van der Waals surface area contributed by atoms with E-state index in [4.69, 9.17) is 12.2 Å². The molecule has 0 atom stereocenters. The molecule has 0 nitrogen and oxygen atoms in total. The van der Waals surface area contributed by atoms with Gasteiger partial charge in [-0.05, 0) is 30.6 Å². The lowest BCUT2D eigenvalue weighted by molar-refractivity contribution is 0.991. The number of rotatable bonds is 3. The highest BCUT2D eigenvalue weighted by Gasteiger charge is 1.93. The third-order valence-corrected chi connectivity index (χ3v) is 5.07. The van der Waals surface area contributed by atoms with E-state index in [1.165, 1.54) is 10.5 Å². The van der Waals surface area contributed by atoms with Crippen molar-refractivity contribution in [3.8, 4) is 0 Å². The molecule has 3 heteroatoms. The Balaban J connectivity index is 0.000000771. The molecule has 1 aromatic heterocycles. The standard InChI is InChI=1S/C13H12S3.C2H6/c14-13-10-12(15-16-13)9-5-4-8-11-6-2-1-3-7-11;1-2/h1-2,4-6,8-10H,3,7H2;1-2H3/b8-4+,9-5+;. The van der Waals surface area contributed by atoms with Gasteiger partial charge in [0.25, 0.3) is 0 Å². The first-order chi connectivity index (χ1) is 8.84. The minimum absolute atomic E-state index is 0.966. The highest BCUT2D eigenvalue weighted by atomic mass is 32.9. The number of hydrogen-bond donors (Lipinski definition) is 0. The van der Waals surface area contributed by atoms with Crippen LogP contribution in [0.2, 0.25) is 0 Å². The van der Waals surface area contributed by atoms with Crippen LogP contribution in [0.25, 0.3) is 6.08 Å². The normalized spacial score (nSPS) is 14.7. The maximum Gasteiger partial charge on any atom is 0.102 e. The number of allylic oxidation sites excluding steroid dienone is 7. The summed E-state index contributed by atoms with van der Waals surface area (Å²) < 4.78 is 0.966. The second-order valence-corrected chi connectivity index (χ2v) is 6.40.